The summed E-state index contributed by atoms with van der Waals surface area (Å²) in [5, 5.41) is 6.95. The lowest BCUT2D eigenvalue weighted by Crippen LogP contribution is -2.22. The van der Waals surface area contributed by atoms with E-state index in [9.17, 15) is 9.59 Å². The fourth-order valence-electron chi connectivity index (χ4n) is 4.38. The maximum Gasteiger partial charge on any atom is 0.228 e. The Balaban J connectivity index is 1.37. The van der Waals surface area contributed by atoms with Crippen molar-refractivity contribution < 1.29 is 9.59 Å². The Morgan fingerprint density at radius 3 is 2.65 bits per heavy atom. The van der Waals surface area contributed by atoms with Crippen molar-refractivity contribution >= 4 is 34.7 Å². The van der Waals surface area contributed by atoms with Gasteiger partial charge in [-0.05, 0) is 66.1 Å². The average Bonchev–Trinajstić information content (AvgIpc) is 3.22. The molecule has 2 N–H and O–H groups in total. The number of carbonyl (C=O) groups is 2. The molecule has 5 rings (SSSR count). The van der Waals surface area contributed by atoms with Crippen LogP contribution in [0.4, 0.5) is 11.4 Å². The van der Waals surface area contributed by atoms with Gasteiger partial charge in [0.25, 0.3) is 0 Å². The predicted molar refractivity (Wildman–Crippen MR) is 136 cm³/mol. The third-order valence-corrected chi connectivity index (χ3v) is 6.54. The van der Waals surface area contributed by atoms with Crippen molar-refractivity contribution in [3.05, 3.63) is 118 Å². The number of ketones is 1. The molecule has 4 aromatic rings. The zero-order valence-electron chi connectivity index (χ0n) is 18.7. The maximum atomic E-state index is 13.6. The number of aromatic nitrogens is 1. The molecular formula is C28H24ClN3O2. The first-order valence-electron chi connectivity index (χ1n) is 11.2. The van der Waals surface area contributed by atoms with Crippen LogP contribution in [0, 0.1) is 6.92 Å². The quantitative estimate of drug-likeness (QED) is 0.351. The number of nitrogens with zero attached hydrogens (tertiary/aromatic N) is 1. The van der Waals surface area contributed by atoms with E-state index < -0.39 is 6.04 Å². The molecule has 1 atom stereocenters. The fourth-order valence-corrected chi connectivity index (χ4v) is 4.58. The maximum absolute atomic E-state index is 13.6. The topological polar surface area (TPSA) is 63.1 Å². The number of hydrogen-bond acceptors (Lipinski definition) is 3. The van der Waals surface area contributed by atoms with E-state index in [2.05, 4.69) is 21.3 Å². The van der Waals surface area contributed by atoms with Gasteiger partial charge in [-0.3, -0.25) is 9.59 Å². The molecule has 0 saturated heterocycles. The molecule has 0 aliphatic carbocycles. The third-order valence-electron chi connectivity index (χ3n) is 6.17. The number of nitrogens with one attached hydrogen (secondary N) is 2. The van der Waals surface area contributed by atoms with Crippen molar-refractivity contribution in [2.24, 2.45) is 0 Å². The fraction of sp³-hybridized carbons (Fsp3) is 0.143. The second-order valence-corrected chi connectivity index (χ2v) is 8.91. The average molecular weight is 470 g/mol. The number of carbonyl (C=O) groups excluding carboxylic acids is 2. The van der Waals surface area contributed by atoms with Crippen molar-refractivity contribution in [3.63, 3.8) is 0 Å². The summed E-state index contributed by atoms with van der Waals surface area (Å²) in [6.07, 6.45) is 2.18. The van der Waals surface area contributed by atoms with Gasteiger partial charge in [-0.2, -0.15) is 0 Å². The van der Waals surface area contributed by atoms with Gasteiger partial charge in [0.2, 0.25) is 5.91 Å². The number of amides is 1. The molecule has 2 heterocycles. The van der Waals surface area contributed by atoms with E-state index in [1.165, 1.54) is 0 Å². The molecule has 5 nitrogen and oxygen atoms in total. The molecule has 6 heteroatoms. The van der Waals surface area contributed by atoms with Gasteiger partial charge in [0, 0.05) is 40.4 Å². The van der Waals surface area contributed by atoms with Gasteiger partial charge in [0.15, 0.2) is 5.78 Å². The highest BCUT2D eigenvalue weighted by atomic mass is 35.5. The standard InChI is InChI=1S/C28H24ClN3O2/c1-18-15-20(12-13-23(18)30-26(33)16-19-7-2-4-9-22(19)29)28(34)27-25-11-6-14-32(25)17-21-8-3-5-10-24(21)31-27/h2-15,27,31H,16-17H2,1H3,(H,30,33). The van der Waals surface area contributed by atoms with Crippen LogP contribution in [0.5, 0.6) is 0 Å². The van der Waals surface area contributed by atoms with Crippen LogP contribution in [-0.2, 0) is 17.8 Å². The van der Waals surface area contributed by atoms with Crippen LogP contribution in [0.3, 0.4) is 0 Å². The number of anilines is 2. The van der Waals surface area contributed by atoms with Gasteiger partial charge < -0.3 is 15.2 Å². The number of benzene rings is 3. The summed E-state index contributed by atoms with van der Waals surface area (Å²) in [7, 11) is 0. The number of rotatable bonds is 5. The molecule has 0 bridgehead atoms. The zero-order valence-corrected chi connectivity index (χ0v) is 19.5. The van der Waals surface area contributed by atoms with Gasteiger partial charge >= 0.3 is 0 Å². The summed E-state index contributed by atoms with van der Waals surface area (Å²) in [5.41, 5.74) is 5.89. The monoisotopic (exact) mass is 469 g/mol. The van der Waals surface area contributed by atoms with E-state index in [1.807, 2.05) is 67.7 Å². The molecule has 0 saturated carbocycles. The van der Waals surface area contributed by atoms with Crippen LogP contribution < -0.4 is 10.6 Å². The van der Waals surface area contributed by atoms with E-state index in [1.54, 1.807) is 18.2 Å². The smallest absolute Gasteiger partial charge is 0.228 e. The lowest BCUT2D eigenvalue weighted by atomic mass is 9.98. The highest BCUT2D eigenvalue weighted by Gasteiger charge is 2.28. The summed E-state index contributed by atoms with van der Waals surface area (Å²) in [5.74, 6) is -0.177. The van der Waals surface area contributed by atoms with Crippen molar-refractivity contribution in [3.8, 4) is 0 Å². The number of fused-ring (bicyclic) bond motifs is 2. The largest absolute Gasteiger partial charge is 0.370 e. The van der Waals surface area contributed by atoms with Gasteiger partial charge in [-0.1, -0.05) is 48.0 Å². The lowest BCUT2D eigenvalue weighted by Gasteiger charge is -2.19. The minimum atomic E-state index is -0.501. The molecule has 1 aliphatic rings. The van der Waals surface area contributed by atoms with Crippen molar-refractivity contribution in [2.45, 2.75) is 25.9 Å². The molecular weight excluding hydrogens is 446 g/mol. The minimum Gasteiger partial charge on any atom is -0.370 e. The second-order valence-electron chi connectivity index (χ2n) is 8.51. The van der Waals surface area contributed by atoms with Crippen molar-refractivity contribution in [2.75, 3.05) is 10.6 Å². The van der Waals surface area contributed by atoms with Crippen LogP contribution in [-0.4, -0.2) is 16.3 Å². The Morgan fingerprint density at radius 1 is 1.03 bits per heavy atom. The van der Waals surface area contributed by atoms with Crippen LogP contribution >= 0.6 is 11.6 Å². The van der Waals surface area contributed by atoms with Crippen LogP contribution in [0.15, 0.2) is 85.1 Å². The summed E-state index contributed by atoms with van der Waals surface area (Å²) in [4.78, 5) is 26.2. The Labute approximate surface area is 203 Å². The first kappa shape index (κ1) is 22.0. The van der Waals surface area contributed by atoms with E-state index in [4.69, 9.17) is 11.6 Å². The van der Waals surface area contributed by atoms with Crippen LogP contribution in [0.2, 0.25) is 5.02 Å². The SMILES string of the molecule is Cc1cc(C(=O)C2Nc3ccccc3Cn3cccc32)ccc1NC(=O)Cc1ccccc1Cl. The first-order chi connectivity index (χ1) is 16.5. The molecule has 1 aromatic heterocycles. The summed E-state index contributed by atoms with van der Waals surface area (Å²) in [6, 6.07) is 24.2. The van der Waals surface area contributed by atoms with Gasteiger partial charge in [-0.25, -0.2) is 0 Å². The van der Waals surface area contributed by atoms with Gasteiger partial charge in [0.1, 0.15) is 6.04 Å². The molecule has 1 aliphatic heterocycles. The molecule has 0 spiro atoms. The van der Waals surface area contributed by atoms with Gasteiger partial charge in [-0.15, -0.1) is 0 Å². The Kier molecular flexibility index (Phi) is 5.95. The summed E-state index contributed by atoms with van der Waals surface area (Å²) in [6.45, 7) is 2.60. The molecule has 170 valence electrons. The lowest BCUT2D eigenvalue weighted by molar-refractivity contribution is -0.115. The molecule has 0 radical (unpaired) electrons. The van der Waals surface area contributed by atoms with E-state index in [0.29, 0.717) is 22.8 Å². The highest BCUT2D eigenvalue weighted by molar-refractivity contribution is 6.31. The highest BCUT2D eigenvalue weighted by Crippen LogP contribution is 2.31. The Hall–Kier alpha value is -3.83. The third kappa shape index (κ3) is 4.35. The molecule has 3 aromatic carbocycles. The minimum absolute atomic E-state index is 0.0197. The molecule has 0 fully saturated rings. The normalized spacial score (nSPS) is 14.4. The second kappa shape index (κ2) is 9.20. The van der Waals surface area contributed by atoms with Crippen LogP contribution in [0.25, 0.3) is 0 Å². The summed E-state index contributed by atoms with van der Waals surface area (Å²) < 4.78 is 2.11. The Morgan fingerprint density at radius 2 is 1.82 bits per heavy atom. The number of halogens is 1. The van der Waals surface area contributed by atoms with E-state index >= 15 is 0 Å². The summed E-state index contributed by atoms with van der Waals surface area (Å²) >= 11 is 6.18. The van der Waals surface area contributed by atoms with Crippen molar-refractivity contribution in [1.82, 2.24) is 4.57 Å². The first-order valence-corrected chi connectivity index (χ1v) is 11.5. The van der Waals surface area contributed by atoms with Crippen LogP contribution in [0.1, 0.15) is 38.8 Å². The predicted octanol–water partition coefficient (Wildman–Crippen LogP) is 6.03. The molecule has 1 amide bonds. The zero-order chi connectivity index (χ0) is 23.7. The number of hydrogen-bond donors (Lipinski definition) is 2. The molecule has 34 heavy (non-hydrogen) atoms. The number of aryl methyl sites for hydroxylation is 1. The van der Waals surface area contributed by atoms with E-state index in [-0.39, 0.29) is 18.1 Å². The molecule has 1 unspecified atom stereocenters. The number of Topliss-reactive ketones (excluding diaryl/α,β-unsaturated/α-hetero) is 1. The number of para-hydroxylation sites is 1. The Bertz CT molecular complexity index is 1390. The van der Waals surface area contributed by atoms with Crippen molar-refractivity contribution in [1.29, 1.82) is 0 Å². The van der Waals surface area contributed by atoms with Gasteiger partial charge in [0.05, 0.1) is 6.42 Å². The van der Waals surface area contributed by atoms with E-state index in [0.717, 1.165) is 28.1 Å².